The van der Waals surface area contributed by atoms with Crippen molar-refractivity contribution in [2.75, 3.05) is 11.8 Å². The fourth-order valence-electron chi connectivity index (χ4n) is 3.40. The molecule has 0 amide bonds. The SMILES string of the molecule is Cc1c([C@]2(C(F)(F)F)C=CN(c3ccc(S(N)(=O)=O)cc3)N2)ccc2c1OCO2. The van der Waals surface area contributed by atoms with Crippen LogP contribution in [0.4, 0.5) is 18.9 Å². The average molecular weight is 427 g/mol. The van der Waals surface area contributed by atoms with Crippen LogP contribution in [0.3, 0.4) is 0 Å². The molecule has 0 fully saturated rings. The summed E-state index contributed by atoms with van der Waals surface area (Å²) in [5, 5.41) is 6.23. The molecule has 4 rings (SSSR count). The van der Waals surface area contributed by atoms with E-state index in [1.807, 2.05) is 0 Å². The topological polar surface area (TPSA) is 93.9 Å². The van der Waals surface area contributed by atoms with E-state index in [2.05, 4.69) is 5.43 Å². The van der Waals surface area contributed by atoms with Crippen molar-refractivity contribution in [3.8, 4) is 11.5 Å². The van der Waals surface area contributed by atoms with Crippen molar-refractivity contribution in [3.05, 3.63) is 59.8 Å². The van der Waals surface area contributed by atoms with Gasteiger partial charge in [-0.3, -0.25) is 5.01 Å². The third-order valence-electron chi connectivity index (χ3n) is 4.87. The van der Waals surface area contributed by atoms with E-state index in [9.17, 15) is 21.6 Å². The highest BCUT2D eigenvalue weighted by atomic mass is 32.2. The molecule has 2 aliphatic rings. The summed E-state index contributed by atoms with van der Waals surface area (Å²) in [6.45, 7) is 1.49. The predicted molar refractivity (Wildman–Crippen MR) is 97.6 cm³/mol. The number of ether oxygens (including phenoxy) is 2. The van der Waals surface area contributed by atoms with Gasteiger partial charge in [0.2, 0.25) is 16.8 Å². The Kier molecular flexibility index (Phi) is 4.30. The minimum Gasteiger partial charge on any atom is -0.454 e. The largest absolute Gasteiger partial charge is 0.454 e. The highest BCUT2D eigenvalue weighted by Gasteiger charge is 2.58. The number of anilines is 1. The minimum atomic E-state index is -4.68. The number of rotatable bonds is 3. The quantitative estimate of drug-likeness (QED) is 0.782. The molecule has 29 heavy (non-hydrogen) atoms. The number of halogens is 3. The lowest BCUT2D eigenvalue weighted by Gasteiger charge is -2.34. The van der Waals surface area contributed by atoms with E-state index in [0.29, 0.717) is 17.0 Å². The molecule has 0 aromatic heterocycles. The summed E-state index contributed by atoms with van der Waals surface area (Å²) in [5.74, 6) is 0.665. The van der Waals surface area contributed by atoms with Crippen LogP contribution in [0.5, 0.6) is 11.5 Å². The van der Waals surface area contributed by atoms with Crippen molar-refractivity contribution in [3.63, 3.8) is 0 Å². The van der Waals surface area contributed by atoms with Gasteiger partial charge in [0.05, 0.1) is 10.6 Å². The summed E-state index contributed by atoms with van der Waals surface area (Å²) >= 11 is 0. The second kappa shape index (κ2) is 6.37. The molecule has 0 spiro atoms. The Bertz CT molecular complexity index is 1100. The van der Waals surface area contributed by atoms with Gasteiger partial charge in [-0.05, 0) is 48.9 Å². The summed E-state index contributed by atoms with van der Waals surface area (Å²) in [5.41, 5.74) is 0.561. The molecule has 3 N–H and O–H groups in total. The maximum Gasteiger partial charge on any atom is 0.416 e. The van der Waals surface area contributed by atoms with Crippen LogP contribution >= 0.6 is 0 Å². The summed E-state index contributed by atoms with van der Waals surface area (Å²) in [6, 6.07) is 7.95. The zero-order valence-electron chi connectivity index (χ0n) is 15.0. The van der Waals surface area contributed by atoms with E-state index < -0.39 is 21.7 Å². The third-order valence-corrected chi connectivity index (χ3v) is 5.80. The molecule has 0 radical (unpaired) electrons. The molecule has 2 aliphatic heterocycles. The maximum atomic E-state index is 14.2. The fraction of sp³-hybridized carbons (Fsp3) is 0.222. The maximum absolute atomic E-state index is 14.2. The van der Waals surface area contributed by atoms with Gasteiger partial charge in [0.1, 0.15) is 0 Å². The molecule has 0 unspecified atom stereocenters. The second-order valence-electron chi connectivity index (χ2n) is 6.61. The first-order valence-corrected chi connectivity index (χ1v) is 9.93. The van der Waals surface area contributed by atoms with Gasteiger partial charge >= 0.3 is 6.18 Å². The summed E-state index contributed by atoms with van der Waals surface area (Å²) in [7, 11) is -3.91. The van der Waals surface area contributed by atoms with Gasteiger partial charge in [0.25, 0.3) is 0 Å². The first kappa shape index (κ1) is 19.6. The van der Waals surface area contributed by atoms with E-state index in [0.717, 1.165) is 6.08 Å². The molecular weight excluding hydrogens is 411 g/mol. The molecular formula is C18H16F3N3O4S. The zero-order valence-corrected chi connectivity index (χ0v) is 15.8. The van der Waals surface area contributed by atoms with Gasteiger partial charge in [-0.1, -0.05) is 6.07 Å². The van der Waals surface area contributed by atoms with Crippen LogP contribution in [0.15, 0.2) is 53.6 Å². The van der Waals surface area contributed by atoms with E-state index in [1.165, 1.54) is 54.5 Å². The third kappa shape index (κ3) is 3.11. The molecule has 0 bridgehead atoms. The van der Waals surface area contributed by atoms with E-state index in [4.69, 9.17) is 14.6 Å². The highest BCUT2D eigenvalue weighted by molar-refractivity contribution is 7.89. The lowest BCUT2D eigenvalue weighted by molar-refractivity contribution is -0.183. The Hall–Kier alpha value is -2.76. The van der Waals surface area contributed by atoms with Gasteiger partial charge in [0, 0.05) is 11.8 Å². The summed E-state index contributed by atoms with van der Waals surface area (Å²) in [6.07, 6.45) is -2.44. The zero-order chi connectivity index (χ0) is 21.0. The van der Waals surface area contributed by atoms with Gasteiger partial charge in [-0.2, -0.15) is 13.2 Å². The lowest BCUT2D eigenvalue weighted by atomic mass is 9.86. The Morgan fingerprint density at radius 1 is 1.14 bits per heavy atom. The highest BCUT2D eigenvalue weighted by Crippen LogP contribution is 2.48. The van der Waals surface area contributed by atoms with E-state index in [1.54, 1.807) is 0 Å². The van der Waals surface area contributed by atoms with E-state index in [-0.39, 0.29) is 23.0 Å². The predicted octanol–water partition coefficient (Wildman–Crippen LogP) is 2.67. The van der Waals surface area contributed by atoms with Crippen molar-refractivity contribution >= 4 is 15.7 Å². The Morgan fingerprint density at radius 2 is 1.83 bits per heavy atom. The van der Waals surface area contributed by atoms with Crippen LogP contribution in [0.1, 0.15) is 11.1 Å². The number of fused-ring (bicyclic) bond motifs is 1. The molecule has 1 atom stereocenters. The van der Waals surface area contributed by atoms with Crippen LogP contribution in [-0.4, -0.2) is 21.4 Å². The Morgan fingerprint density at radius 3 is 2.45 bits per heavy atom. The normalized spacial score (nSPS) is 21.1. The first-order valence-electron chi connectivity index (χ1n) is 8.39. The van der Waals surface area contributed by atoms with Gasteiger partial charge in [0.15, 0.2) is 17.0 Å². The van der Waals surface area contributed by atoms with Crippen LogP contribution in [0.25, 0.3) is 0 Å². The van der Waals surface area contributed by atoms with E-state index >= 15 is 0 Å². The summed E-state index contributed by atoms with van der Waals surface area (Å²) < 4.78 is 76.0. The number of sulfonamides is 1. The molecule has 0 saturated heterocycles. The molecule has 154 valence electrons. The number of hydrogen-bond donors (Lipinski definition) is 2. The molecule has 2 aromatic carbocycles. The molecule has 11 heteroatoms. The number of alkyl halides is 3. The van der Waals surface area contributed by atoms with Crippen LogP contribution in [0.2, 0.25) is 0 Å². The molecule has 2 heterocycles. The smallest absolute Gasteiger partial charge is 0.416 e. The number of nitrogens with zero attached hydrogens (tertiary/aromatic N) is 1. The number of nitrogens with two attached hydrogens (primary N) is 1. The van der Waals surface area contributed by atoms with Crippen LogP contribution in [-0.2, 0) is 15.6 Å². The lowest BCUT2D eigenvalue weighted by Crippen LogP contribution is -2.54. The van der Waals surface area contributed by atoms with Crippen molar-refractivity contribution in [1.82, 2.24) is 5.43 Å². The second-order valence-corrected chi connectivity index (χ2v) is 8.18. The minimum absolute atomic E-state index is 0.0332. The van der Waals surface area contributed by atoms with Gasteiger partial charge in [-0.15, -0.1) is 0 Å². The number of primary sulfonamides is 1. The number of nitrogens with one attached hydrogen (secondary N) is 1. The van der Waals surface area contributed by atoms with Crippen molar-refractivity contribution in [2.45, 2.75) is 23.5 Å². The molecule has 0 saturated carbocycles. The number of benzene rings is 2. The van der Waals surface area contributed by atoms with Gasteiger partial charge < -0.3 is 9.47 Å². The van der Waals surface area contributed by atoms with Crippen LogP contribution in [0, 0.1) is 6.92 Å². The number of hydrazine groups is 1. The first-order chi connectivity index (χ1) is 13.5. The fourth-order valence-corrected chi connectivity index (χ4v) is 3.91. The number of hydrogen-bond acceptors (Lipinski definition) is 6. The monoisotopic (exact) mass is 427 g/mol. The van der Waals surface area contributed by atoms with Crippen molar-refractivity contribution in [2.24, 2.45) is 5.14 Å². The van der Waals surface area contributed by atoms with Gasteiger partial charge in [-0.25, -0.2) is 19.0 Å². The standard InChI is InChI=1S/C18H16F3N3O4S/c1-11-14(6-7-15-16(11)28-10-27-15)17(18(19,20)21)8-9-24(23-17)12-2-4-13(5-3-12)29(22,25)26/h2-9,23H,10H2,1H3,(H2,22,25,26)/t17-/m0/s1. The molecule has 0 aliphatic carbocycles. The average Bonchev–Trinajstić information content (AvgIpc) is 3.29. The van der Waals surface area contributed by atoms with Crippen molar-refractivity contribution < 1.29 is 31.1 Å². The van der Waals surface area contributed by atoms with Crippen LogP contribution < -0.4 is 25.0 Å². The van der Waals surface area contributed by atoms with Crippen molar-refractivity contribution in [1.29, 1.82) is 0 Å². The molecule has 2 aromatic rings. The Labute approximate surface area is 164 Å². The summed E-state index contributed by atoms with van der Waals surface area (Å²) in [4.78, 5) is -0.141. The molecule has 7 nitrogen and oxygen atoms in total. The Balaban J connectivity index is 1.73.